The first kappa shape index (κ1) is 21.4. The van der Waals surface area contributed by atoms with Crippen molar-refractivity contribution < 1.29 is 18.4 Å². The van der Waals surface area contributed by atoms with Gasteiger partial charge in [0.1, 0.15) is 11.5 Å². The van der Waals surface area contributed by atoms with Crippen molar-refractivity contribution in [3.8, 4) is 0 Å². The Morgan fingerprint density at radius 2 is 1.83 bits per heavy atom. The minimum atomic E-state index is -0.178. The Hall–Kier alpha value is -3.28. The Morgan fingerprint density at radius 1 is 1.03 bits per heavy atom. The number of aryl methyl sites for hydroxylation is 2. The normalized spacial score (nSPS) is 11.8. The second-order valence-corrected chi connectivity index (χ2v) is 7.44. The van der Waals surface area contributed by atoms with Crippen molar-refractivity contribution in [2.75, 3.05) is 6.54 Å². The molecule has 3 rings (SSSR count). The summed E-state index contributed by atoms with van der Waals surface area (Å²) < 4.78 is 10.7. The van der Waals surface area contributed by atoms with Gasteiger partial charge in [-0.2, -0.15) is 0 Å². The van der Waals surface area contributed by atoms with Crippen molar-refractivity contribution in [3.63, 3.8) is 0 Å². The lowest BCUT2D eigenvalue weighted by molar-refractivity contribution is -0.121. The molecule has 2 amide bonds. The number of benzene rings is 1. The maximum absolute atomic E-state index is 12.9. The van der Waals surface area contributed by atoms with Crippen LogP contribution in [0.2, 0.25) is 0 Å². The van der Waals surface area contributed by atoms with E-state index in [0.717, 1.165) is 12.8 Å². The van der Waals surface area contributed by atoms with E-state index in [0.29, 0.717) is 30.2 Å². The summed E-state index contributed by atoms with van der Waals surface area (Å²) in [6.45, 7) is 4.34. The summed E-state index contributed by atoms with van der Waals surface area (Å²) >= 11 is 0. The predicted octanol–water partition coefficient (Wildman–Crippen LogP) is 4.35. The van der Waals surface area contributed by atoms with Crippen LogP contribution in [0, 0.1) is 6.92 Å². The average molecular weight is 408 g/mol. The predicted molar refractivity (Wildman–Crippen MR) is 114 cm³/mol. The first-order chi connectivity index (χ1) is 14.5. The van der Waals surface area contributed by atoms with Crippen molar-refractivity contribution >= 4 is 11.8 Å². The molecule has 0 saturated carbocycles. The summed E-state index contributed by atoms with van der Waals surface area (Å²) in [6.07, 6.45) is 5.06. The maximum atomic E-state index is 12.9. The number of rotatable bonds is 10. The van der Waals surface area contributed by atoms with Crippen molar-refractivity contribution in [1.29, 1.82) is 0 Å². The van der Waals surface area contributed by atoms with Crippen molar-refractivity contribution in [3.05, 3.63) is 83.7 Å². The number of hydrogen-bond acceptors (Lipinski definition) is 4. The molecule has 158 valence electrons. The van der Waals surface area contributed by atoms with Gasteiger partial charge in [0.05, 0.1) is 24.6 Å². The number of carbonyl (C=O) groups is 2. The highest BCUT2D eigenvalue weighted by atomic mass is 16.3. The Balaban J connectivity index is 1.53. The molecule has 1 N–H and O–H groups in total. The zero-order chi connectivity index (χ0) is 21.3. The highest BCUT2D eigenvalue weighted by molar-refractivity contribution is 5.95. The summed E-state index contributed by atoms with van der Waals surface area (Å²) in [6, 6.07) is 15.5. The van der Waals surface area contributed by atoms with Crippen LogP contribution in [0.15, 0.2) is 69.9 Å². The van der Waals surface area contributed by atoms with Gasteiger partial charge >= 0.3 is 0 Å². The average Bonchev–Trinajstić information content (AvgIpc) is 3.41. The van der Waals surface area contributed by atoms with E-state index in [1.165, 1.54) is 11.8 Å². The molecule has 1 aromatic carbocycles. The Kier molecular flexibility index (Phi) is 7.49. The van der Waals surface area contributed by atoms with E-state index in [-0.39, 0.29) is 24.3 Å². The smallest absolute Gasteiger partial charge is 0.257 e. The molecule has 0 bridgehead atoms. The first-order valence-electron chi connectivity index (χ1n) is 10.2. The highest BCUT2D eigenvalue weighted by Crippen LogP contribution is 2.15. The van der Waals surface area contributed by atoms with E-state index < -0.39 is 0 Å². The minimum Gasteiger partial charge on any atom is -0.469 e. The first-order valence-corrected chi connectivity index (χ1v) is 10.2. The number of nitrogens with zero attached hydrogens (tertiary/aromatic N) is 1. The fraction of sp³-hybridized carbons (Fsp3) is 0.333. The molecular formula is C24H28N2O4. The highest BCUT2D eigenvalue weighted by Gasteiger charge is 2.21. The molecule has 6 heteroatoms. The zero-order valence-electron chi connectivity index (χ0n) is 17.5. The molecule has 2 aromatic heterocycles. The lowest BCUT2D eigenvalue weighted by Crippen LogP contribution is -2.37. The second kappa shape index (κ2) is 10.5. The van der Waals surface area contributed by atoms with Crippen LogP contribution >= 0.6 is 0 Å². The lowest BCUT2D eigenvalue weighted by atomic mass is 10.1. The molecule has 3 aromatic rings. The maximum Gasteiger partial charge on any atom is 0.257 e. The molecule has 0 saturated heterocycles. The standard InChI is InChI=1S/C24H28N2O4/c1-18(10-11-20-7-4-3-5-8-20)25-23(27)12-14-26(17-21-9-6-15-30-21)24(28)22-13-16-29-19(22)2/h3-9,13,15-16,18H,10-12,14,17H2,1-2H3,(H,25,27)/t18-/m0/s1. The molecule has 0 aliphatic carbocycles. The van der Waals surface area contributed by atoms with Gasteiger partial charge in [-0.15, -0.1) is 0 Å². The van der Waals surface area contributed by atoms with Crippen molar-refractivity contribution in [2.24, 2.45) is 0 Å². The van der Waals surface area contributed by atoms with Gasteiger partial charge in [-0.1, -0.05) is 30.3 Å². The number of amides is 2. The molecular weight excluding hydrogens is 380 g/mol. The van der Waals surface area contributed by atoms with E-state index in [4.69, 9.17) is 8.83 Å². The molecule has 0 unspecified atom stereocenters. The van der Waals surface area contributed by atoms with Gasteiger partial charge < -0.3 is 19.1 Å². The summed E-state index contributed by atoms with van der Waals surface area (Å²) in [5.41, 5.74) is 1.75. The van der Waals surface area contributed by atoms with E-state index in [2.05, 4.69) is 17.4 Å². The number of furan rings is 2. The van der Waals surface area contributed by atoms with Crippen LogP contribution in [-0.4, -0.2) is 29.3 Å². The van der Waals surface area contributed by atoms with Crippen LogP contribution in [0.4, 0.5) is 0 Å². The summed E-state index contributed by atoms with van der Waals surface area (Å²) in [7, 11) is 0. The quantitative estimate of drug-likeness (QED) is 0.541. The molecule has 0 fully saturated rings. The van der Waals surface area contributed by atoms with Crippen LogP contribution < -0.4 is 5.32 Å². The van der Waals surface area contributed by atoms with Gasteiger partial charge in [0, 0.05) is 19.0 Å². The fourth-order valence-corrected chi connectivity index (χ4v) is 3.30. The second-order valence-electron chi connectivity index (χ2n) is 7.44. The lowest BCUT2D eigenvalue weighted by Gasteiger charge is -2.22. The van der Waals surface area contributed by atoms with Gasteiger partial charge in [-0.05, 0) is 50.5 Å². The van der Waals surface area contributed by atoms with E-state index in [9.17, 15) is 9.59 Å². The van der Waals surface area contributed by atoms with E-state index in [1.807, 2.05) is 31.2 Å². The summed E-state index contributed by atoms with van der Waals surface area (Å²) in [4.78, 5) is 27.0. The van der Waals surface area contributed by atoms with Gasteiger partial charge in [0.25, 0.3) is 5.91 Å². The van der Waals surface area contributed by atoms with Crippen LogP contribution in [0.5, 0.6) is 0 Å². The van der Waals surface area contributed by atoms with Gasteiger partial charge in [-0.3, -0.25) is 9.59 Å². The van der Waals surface area contributed by atoms with Crippen molar-refractivity contribution in [2.45, 2.75) is 45.7 Å². The topological polar surface area (TPSA) is 75.7 Å². The molecule has 2 heterocycles. The third-order valence-corrected chi connectivity index (χ3v) is 5.03. The molecule has 0 aliphatic heterocycles. The van der Waals surface area contributed by atoms with Crippen LogP contribution in [0.3, 0.4) is 0 Å². The van der Waals surface area contributed by atoms with Gasteiger partial charge in [0.15, 0.2) is 0 Å². The minimum absolute atomic E-state index is 0.0584. The Bertz CT molecular complexity index is 931. The molecule has 6 nitrogen and oxygen atoms in total. The van der Waals surface area contributed by atoms with E-state index >= 15 is 0 Å². The summed E-state index contributed by atoms with van der Waals surface area (Å²) in [5.74, 6) is 0.976. The third kappa shape index (κ3) is 6.11. The SMILES string of the molecule is Cc1occc1C(=O)N(CCC(=O)N[C@@H](C)CCc1ccccc1)Cc1ccco1. The number of hydrogen-bond donors (Lipinski definition) is 1. The zero-order valence-corrected chi connectivity index (χ0v) is 17.5. The third-order valence-electron chi connectivity index (χ3n) is 5.03. The van der Waals surface area contributed by atoms with Gasteiger partial charge in [0.2, 0.25) is 5.91 Å². The molecule has 0 aliphatic rings. The van der Waals surface area contributed by atoms with Crippen LogP contribution in [0.25, 0.3) is 0 Å². The largest absolute Gasteiger partial charge is 0.469 e. The van der Waals surface area contributed by atoms with E-state index in [1.54, 1.807) is 30.2 Å². The molecule has 30 heavy (non-hydrogen) atoms. The number of carbonyl (C=O) groups excluding carboxylic acids is 2. The van der Waals surface area contributed by atoms with Crippen molar-refractivity contribution in [1.82, 2.24) is 10.2 Å². The molecule has 1 atom stereocenters. The van der Waals surface area contributed by atoms with Crippen LogP contribution in [-0.2, 0) is 17.8 Å². The number of nitrogens with one attached hydrogen (secondary N) is 1. The fourth-order valence-electron chi connectivity index (χ4n) is 3.30. The monoisotopic (exact) mass is 408 g/mol. The summed E-state index contributed by atoms with van der Waals surface area (Å²) in [5, 5.41) is 3.03. The Labute approximate surface area is 176 Å². The molecule has 0 radical (unpaired) electrons. The van der Waals surface area contributed by atoms with Crippen LogP contribution in [0.1, 0.15) is 47.2 Å². The Morgan fingerprint density at radius 3 is 2.50 bits per heavy atom. The molecule has 0 spiro atoms. The van der Waals surface area contributed by atoms with Gasteiger partial charge in [-0.25, -0.2) is 0 Å².